The molecule has 0 amide bonds. The van der Waals surface area contributed by atoms with Gasteiger partial charge in [0, 0.05) is 18.6 Å². The third kappa shape index (κ3) is 2.43. The lowest BCUT2D eigenvalue weighted by Gasteiger charge is -1.99. The van der Waals surface area contributed by atoms with Gasteiger partial charge in [0.2, 0.25) is 0 Å². The first kappa shape index (κ1) is 13.8. The third-order valence-electron chi connectivity index (χ3n) is 3.78. The molecule has 0 aliphatic rings. The first-order chi connectivity index (χ1) is 11.2. The van der Waals surface area contributed by atoms with Crippen LogP contribution in [0.1, 0.15) is 11.5 Å². The van der Waals surface area contributed by atoms with Gasteiger partial charge in [-0.05, 0) is 18.2 Å². The fourth-order valence-corrected chi connectivity index (χ4v) is 2.72. The maximum Gasteiger partial charge on any atom is 0.155 e. The van der Waals surface area contributed by atoms with Gasteiger partial charge in [0.25, 0.3) is 0 Å². The molecular formula is C17H16N4O2. The summed E-state index contributed by atoms with van der Waals surface area (Å²) in [6.07, 6.45) is 3.76. The van der Waals surface area contributed by atoms with E-state index in [0.29, 0.717) is 18.1 Å². The van der Waals surface area contributed by atoms with Crippen LogP contribution in [0.4, 0.5) is 0 Å². The molecule has 0 fully saturated rings. The highest BCUT2D eigenvalue weighted by Crippen LogP contribution is 2.29. The minimum absolute atomic E-state index is 0.118. The molecule has 4 rings (SSSR count). The highest BCUT2D eigenvalue weighted by Gasteiger charge is 2.15. The number of rotatable bonds is 4. The Morgan fingerprint density at radius 1 is 1.17 bits per heavy atom. The molecule has 6 heteroatoms. The van der Waals surface area contributed by atoms with E-state index in [9.17, 15) is 5.11 Å². The zero-order valence-electron chi connectivity index (χ0n) is 12.7. The molecule has 1 aromatic carbocycles. The van der Waals surface area contributed by atoms with E-state index in [2.05, 4.69) is 4.98 Å². The molecule has 6 nitrogen and oxygen atoms in total. The van der Waals surface area contributed by atoms with Crippen LogP contribution in [0.25, 0.3) is 22.4 Å². The first-order valence-electron chi connectivity index (χ1n) is 7.37. The van der Waals surface area contributed by atoms with Crippen molar-refractivity contribution in [1.82, 2.24) is 19.3 Å². The number of benzene rings is 1. The van der Waals surface area contributed by atoms with Crippen LogP contribution in [-0.2, 0) is 20.2 Å². The predicted octanol–water partition coefficient (Wildman–Crippen LogP) is 2.57. The van der Waals surface area contributed by atoms with Gasteiger partial charge < -0.3 is 14.1 Å². The molecule has 23 heavy (non-hydrogen) atoms. The van der Waals surface area contributed by atoms with E-state index in [1.165, 1.54) is 0 Å². The van der Waals surface area contributed by atoms with Crippen LogP contribution in [0.15, 0.2) is 53.3 Å². The number of aliphatic hydroxyl groups excluding tert-OH is 1. The summed E-state index contributed by atoms with van der Waals surface area (Å²) in [4.78, 5) is 4.36. The lowest BCUT2D eigenvalue weighted by atomic mass is 10.2. The highest BCUT2D eigenvalue weighted by molar-refractivity contribution is 5.92. The Hall–Kier alpha value is -2.86. The van der Waals surface area contributed by atoms with Crippen LogP contribution in [0.3, 0.4) is 0 Å². The number of hydrogen-bond donors (Lipinski definition) is 1. The molecule has 0 bridgehead atoms. The zero-order chi connectivity index (χ0) is 15.8. The van der Waals surface area contributed by atoms with Gasteiger partial charge in [-0.2, -0.15) is 5.10 Å². The van der Waals surface area contributed by atoms with E-state index in [1.807, 2.05) is 52.8 Å². The zero-order valence-corrected chi connectivity index (χ0v) is 12.7. The van der Waals surface area contributed by atoms with Crippen molar-refractivity contribution in [1.29, 1.82) is 0 Å². The van der Waals surface area contributed by atoms with E-state index in [-0.39, 0.29) is 6.61 Å². The van der Waals surface area contributed by atoms with E-state index >= 15 is 0 Å². The Morgan fingerprint density at radius 2 is 2.04 bits per heavy atom. The first-order valence-corrected chi connectivity index (χ1v) is 7.37. The molecular weight excluding hydrogens is 292 g/mol. The van der Waals surface area contributed by atoms with Crippen LogP contribution in [0, 0.1) is 0 Å². The second-order valence-electron chi connectivity index (χ2n) is 5.48. The second kappa shape index (κ2) is 5.40. The molecule has 3 aromatic heterocycles. The summed E-state index contributed by atoms with van der Waals surface area (Å²) < 4.78 is 9.49. The summed E-state index contributed by atoms with van der Waals surface area (Å²) in [6, 6.07) is 11.6. The Balaban J connectivity index is 1.82. The van der Waals surface area contributed by atoms with Gasteiger partial charge in [-0.1, -0.05) is 18.2 Å². The van der Waals surface area contributed by atoms with Gasteiger partial charge in [0.15, 0.2) is 5.76 Å². The molecule has 0 saturated heterocycles. The maximum absolute atomic E-state index is 9.18. The molecule has 0 atom stereocenters. The average molecular weight is 308 g/mol. The minimum Gasteiger partial charge on any atom is -0.457 e. The smallest absolute Gasteiger partial charge is 0.155 e. The standard InChI is InChI=1S/C17H16N4O2/c1-20-8-12(18-11-20)9-21-15-5-3-2-4-14(15)17(19-21)16-7-6-13(10-22)23-16/h2-8,11,22H,9-10H2,1H3. The van der Waals surface area contributed by atoms with Crippen LogP contribution >= 0.6 is 0 Å². The number of para-hydroxylation sites is 1. The summed E-state index contributed by atoms with van der Waals surface area (Å²) >= 11 is 0. The Labute approximate surface area is 132 Å². The summed E-state index contributed by atoms with van der Waals surface area (Å²) in [5.74, 6) is 1.19. The Morgan fingerprint density at radius 3 is 2.78 bits per heavy atom. The third-order valence-corrected chi connectivity index (χ3v) is 3.78. The SMILES string of the molecule is Cn1cnc(Cn2nc(-c3ccc(CO)o3)c3ccccc32)c1. The summed E-state index contributed by atoms with van der Waals surface area (Å²) in [5.41, 5.74) is 2.74. The van der Waals surface area contributed by atoms with Crippen molar-refractivity contribution >= 4 is 10.9 Å². The van der Waals surface area contributed by atoms with Gasteiger partial charge in [0.05, 0.1) is 24.1 Å². The fraction of sp³-hybridized carbons (Fsp3) is 0.176. The maximum atomic E-state index is 9.18. The summed E-state index contributed by atoms with van der Waals surface area (Å²) in [5, 5.41) is 14.9. The minimum atomic E-state index is -0.118. The molecule has 0 aliphatic carbocycles. The quantitative estimate of drug-likeness (QED) is 0.629. The van der Waals surface area contributed by atoms with E-state index in [1.54, 1.807) is 12.4 Å². The molecule has 0 aliphatic heterocycles. The largest absolute Gasteiger partial charge is 0.457 e. The number of fused-ring (bicyclic) bond motifs is 1. The Bertz CT molecular complexity index is 964. The van der Waals surface area contributed by atoms with E-state index in [0.717, 1.165) is 22.3 Å². The van der Waals surface area contributed by atoms with Gasteiger partial charge in [-0.15, -0.1) is 0 Å². The van der Waals surface area contributed by atoms with Crippen molar-refractivity contribution < 1.29 is 9.52 Å². The van der Waals surface area contributed by atoms with Crippen molar-refractivity contribution in [3.63, 3.8) is 0 Å². The predicted molar refractivity (Wildman–Crippen MR) is 85.7 cm³/mol. The van der Waals surface area contributed by atoms with E-state index in [4.69, 9.17) is 9.52 Å². The number of furan rings is 1. The van der Waals surface area contributed by atoms with Crippen molar-refractivity contribution in [2.75, 3.05) is 0 Å². The molecule has 1 N–H and O–H groups in total. The normalized spacial score (nSPS) is 11.4. The molecule has 0 spiro atoms. The van der Waals surface area contributed by atoms with Crippen LogP contribution in [-0.4, -0.2) is 24.4 Å². The monoisotopic (exact) mass is 308 g/mol. The number of hydrogen-bond acceptors (Lipinski definition) is 4. The highest BCUT2D eigenvalue weighted by atomic mass is 16.4. The van der Waals surface area contributed by atoms with Crippen LogP contribution < -0.4 is 0 Å². The van der Waals surface area contributed by atoms with Crippen molar-refractivity contribution in [3.8, 4) is 11.5 Å². The summed E-state index contributed by atoms with van der Waals surface area (Å²) in [6.45, 7) is 0.474. The topological polar surface area (TPSA) is 69.0 Å². The lowest BCUT2D eigenvalue weighted by molar-refractivity contribution is 0.248. The number of nitrogens with zero attached hydrogens (tertiary/aromatic N) is 4. The van der Waals surface area contributed by atoms with Crippen molar-refractivity contribution in [3.05, 3.63) is 60.4 Å². The molecule has 3 heterocycles. The summed E-state index contributed by atoms with van der Waals surface area (Å²) in [7, 11) is 1.95. The van der Waals surface area contributed by atoms with Crippen LogP contribution in [0.5, 0.6) is 0 Å². The number of aromatic nitrogens is 4. The molecule has 0 unspecified atom stereocenters. The van der Waals surface area contributed by atoms with Crippen molar-refractivity contribution in [2.45, 2.75) is 13.2 Å². The number of aryl methyl sites for hydroxylation is 1. The Kier molecular flexibility index (Phi) is 3.24. The van der Waals surface area contributed by atoms with Crippen LogP contribution in [0.2, 0.25) is 0 Å². The average Bonchev–Trinajstić information content (AvgIpc) is 3.27. The van der Waals surface area contributed by atoms with Crippen molar-refractivity contribution in [2.24, 2.45) is 7.05 Å². The molecule has 0 saturated carbocycles. The lowest BCUT2D eigenvalue weighted by Crippen LogP contribution is -2.02. The van der Waals surface area contributed by atoms with E-state index < -0.39 is 0 Å². The molecule has 4 aromatic rings. The second-order valence-corrected chi connectivity index (χ2v) is 5.48. The molecule has 116 valence electrons. The van der Waals surface area contributed by atoms with Gasteiger partial charge in [0.1, 0.15) is 18.1 Å². The van der Waals surface area contributed by atoms with Gasteiger partial charge >= 0.3 is 0 Å². The van der Waals surface area contributed by atoms with Gasteiger partial charge in [-0.3, -0.25) is 4.68 Å². The number of imidazole rings is 1. The fourth-order valence-electron chi connectivity index (χ4n) is 2.72. The van der Waals surface area contributed by atoms with Gasteiger partial charge in [-0.25, -0.2) is 4.98 Å². The molecule has 0 radical (unpaired) electrons. The number of aliphatic hydroxyl groups is 1.